The van der Waals surface area contributed by atoms with Gasteiger partial charge in [-0.2, -0.15) is 0 Å². The normalized spacial score (nSPS) is 20.6. The highest BCUT2D eigenvalue weighted by molar-refractivity contribution is 7.80. The fourth-order valence-electron chi connectivity index (χ4n) is 4.35. The van der Waals surface area contributed by atoms with Crippen LogP contribution in [0.1, 0.15) is 17.2 Å². The number of hydrogen-bond acceptors (Lipinski definition) is 7. The standard InChI is InChI=1S/C26H21NO5S2/c28-24-23(32-26(34)30-19-12-5-2-6-13-19)22(31-25(33)29-18-10-3-1-4-11-18)21-20-14-8-7-9-17(20)15-16-27(21)24/h1-14,21-23H,15-16H2/t21-,22-,23+/m0/s1. The minimum Gasteiger partial charge on any atom is -0.446 e. The topological polar surface area (TPSA) is 57.2 Å². The van der Waals surface area contributed by atoms with Crippen molar-refractivity contribution in [1.82, 2.24) is 4.90 Å². The molecule has 1 amide bonds. The predicted molar refractivity (Wildman–Crippen MR) is 134 cm³/mol. The molecule has 6 nitrogen and oxygen atoms in total. The molecule has 1 fully saturated rings. The minimum absolute atomic E-state index is 0.0996. The SMILES string of the molecule is O=C1[C@H](OC(=S)Oc2ccccc2)[C@@H](OC(=S)Oc2ccccc2)[C@@H]2c3ccccc3CCN12. The molecule has 34 heavy (non-hydrogen) atoms. The van der Waals surface area contributed by atoms with E-state index >= 15 is 0 Å². The van der Waals surface area contributed by atoms with E-state index in [4.69, 9.17) is 43.4 Å². The van der Waals surface area contributed by atoms with Gasteiger partial charge in [0.25, 0.3) is 5.91 Å². The molecule has 5 rings (SSSR count). The second kappa shape index (κ2) is 9.79. The van der Waals surface area contributed by atoms with Crippen LogP contribution in [0.4, 0.5) is 0 Å². The summed E-state index contributed by atoms with van der Waals surface area (Å²) in [6, 6.07) is 25.7. The maximum absolute atomic E-state index is 13.4. The number of fused-ring (bicyclic) bond motifs is 3. The Labute approximate surface area is 208 Å². The number of nitrogens with zero attached hydrogens (tertiary/aromatic N) is 1. The van der Waals surface area contributed by atoms with E-state index < -0.39 is 12.2 Å². The second-order valence-corrected chi connectivity index (χ2v) is 8.54. The van der Waals surface area contributed by atoms with Gasteiger partial charge in [-0.25, -0.2) is 0 Å². The highest BCUT2D eigenvalue weighted by Crippen LogP contribution is 2.41. The Hall–Kier alpha value is -3.49. The van der Waals surface area contributed by atoms with Crippen LogP contribution in [0.15, 0.2) is 84.9 Å². The number of hydrogen-bond donors (Lipinski definition) is 0. The zero-order valence-corrected chi connectivity index (χ0v) is 19.7. The molecular weight excluding hydrogens is 470 g/mol. The van der Waals surface area contributed by atoms with Crippen LogP contribution in [0.2, 0.25) is 0 Å². The quantitative estimate of drug-likeness (QED) is 0.494. The van der Waals surface area contributed by atoms with E-state index in [0.29, 0.717) is 18.0 Å². The van der Waals surface area contributed by atoms with Crippen molar-refractivity contribution in [1.29, 1.82) is 0 Å². The Balaban J connectivity index is 1.41. The van der Waals surface area contributed by atoms with Crippen molar-refractivity contribution in [3.63, 3.8) is 0 Å². The van der Waals surface area contributed by atoms with Gasteiger partial charge in [-0.3, -0.25) is 4.79 Å². The van der Waals surface area contributed by atoms with Crippen molar-refractivity contribution in [2.75, 3.05) is 6.54 Å². The van der Waals surface area contributed by atoms with Gasteiger partial charge in [-0.1, -0.05) is 60.7 Å². The Morgan fingerprint density at radius 1 is 0.765 bits per heavy atom. The summed E-state index contributed by atoms with van der Waals surface area (Å²) in [5.74, 6) is 0.825. The van der Waals surface area contributed by atoms with Crippen LogP contribution in [0, 0.1) is 0 Å². The van der Waals surface area contributed by atoms with Crippen LogP contribution in [0.25, 0.3) is 0 Å². The smallest absolute Gasteiger partial charge is 0.358 e. The number of benzene rings is 3. The first-order chi connectivity index (χ1) is 16.6. The number of thiocarbonyl (C=S) groups is 2. The van der Waals surface area contributed by atoms with Gasteiger partial charge in [0.2, 0.25) is 6.10 Å². The molecule has 172 valence electrons. The molecule has 3 aromatic carbocycles. The van der Waals surface area contributed by atoms with E-state index in [1.165, 1.54) is 0 Å². The third-order valence-electron chi connectivity index (χ3n) is 5.81. The summed E-state index contributed by atoms with van der Waals surface area (Å²) < 4.78 is 23.3. The lowest BCUT2D eigenvalue weighted by atomic mass is 9.91. The molecule has 2 aliphatic heterocycles. The Bertz CT molecular complexity index is 1200. The monoisotopic (exact) mass is 491 g/mol. The first kappa shape index (κ1) is 22.3. The fraction of sp³-hybridized carbons (Fsp3) is 0.192. The van der Waals surface area contributed by atoms with Crippen molar-refractivity contribution in [3.8, 4) is 11.5 Å². The summed E-state index contributed by atoms with van der Waals surface area (Å²) in [4.78, 5) is 15.2. The first-order valence-corrected chi connectivity index (χ1v) is 11.7. The lowest BCUT2D eigenvalue weighted by molar-refractivity contribution is -0.136. The second-order valence-electron chi connectivity index (χ2n) is 7.88. The molecular formula is C26H21NO5S2. The van der Waals surface area contributed by atoms with Gasteiger partial charge >= 0.3 is 10.5 Å². The average Bonchev–Trinajstić information content (AvgIpc) is 3.11. The molecule has 0 spiro atoms. The van der Waals surface area contributed by atoms with Crippen molar-refractivity contribution >= 4 is 40.8 Å². The van der Waals surface area contributed by atoms with Crippen LogP contribution in [0.3, 0.4) is 0 Å². The molecule has 0 aromatic heterocycles. The van der Waals surface area contributed by atoms with Crippen LogP contribution in [-0.4, -0.2) is 40.0 Å². The summed E-state index contributed by atoms with van der Waals surface area (Å²) in [7, 11) is 0. The summed E-state index contributed by atoms with van der Waals surface area (Å²) >= 11 is 10.7. The van der Waals surface area contributed by atoms with E-state index in [-0.39, 0.29) is 22.4 Å². The zero-order valence-electron chi connectivity index (χ0n) is 18.0. The number of ether oxygens (including phenoxy) is 4. The van der Waals surface area contributed by atoms with Gasteiger partial charge in [0.05, 0.1) is 6.04 Å². The highest BCUT2D eigenvalue weighted by atomic mass is 32.1. The van der Waals surface area contributed by atoms with E-state index in [2.05, 4.69) is 6.07 Å². The van der Waals surface area contributed by atoms with Gasteiger partial charge in [-0.05, 0) is 41.8 Å². The van der Waals surface area contributed by atoms with Crippen molar-refractivity contribution in [3.05, 3.63) is 96.1 Å². The predicted octanol–water partition coefficient (Wildman–Crippen LogP) is 4.62. The maximum Gasteiger partial charge on any atom is 0.358 e. The molecule has 3 aromatic rings. The van der Waals surface area contributed by atoms with Crippen molar-refractivity contribution < 1.29 is 23.7 Å². The van der Waals surface area contributed by atoms with Gasteiger partial charge in [0, 0.05) is 31.0 Å². The third kappa shape index (κ3) is 4.60. The first-order valence-electron chi connectivity index (χ1n) is 10.9. The molecule has 1 saturated heterocycles. The zero-order chi connectivity index (χ0) is 23.5. The van der Waals surface area contributed by atoms with Gasteiger partial charge in [0.1, 0.15) is 11.5 Å². The molecule has 0 radical (unpaired) electrons. The van der Waals surface area contributed by atoms with Crippen LogP contribution >= 0.6 is 24.4 Å². The van der Waals surface area contributed by atoms with Crippen LogP contribution < -0.4 is 9.47 Å². The highest BCUT2D eigenvalue weighted by Gasteiger charge is 2.54. The summed E-state index contributed by atoms with van der Waals surface area (Å²) in [5.41, 5.74) is 2.15. The largest absolute Gasteiger partial charge is 0.446 e. The summed E-state index contributed by atoms with van der Waals surface area (Å²) in [5, 5.41) is -0.265. The molecule has 2 heterocycles. The minimum atomic E-state index is -1.04. The average molecular weight is 492 g/mol. The number of carbonyl (C=O) groups is 1. The lowest BCUT2D eigenvalue weighted by Crippen LogP contribution is -2.38. The molecule has 3 atom stereocenters. The molecule has 0 unspecified atom stereocenters. The molecule has 0 N–H and O–H groups in total. The third-order valence-corrected chi connectivity index (χ3v) is 6.17. The Kier molecular flexibility index (Phi) is 6.42. The number of carbonyl (C=O) groups excluding carboxylic acids is 1. The Morgan fingerprint density at radius 3 is 1.97 bits per heavy atom. The van der Waals surface area contributed by atoms with E-state index in [1.807, 2.05) is 54.6 Å². The van der Waals surface area contributed by atoms with E-state index in [9.17, 15) is 4.79 Å². The maximum atomic E-state index is 13.4. The molecule has 0 aliphatic carbocycles. The van der Waals surface area contributed by atoms with Gasteiger partial charge in [0.15, 0.2) is 6.10 Å². The molecule has 8 heteroatoms. The Morgan fingerprint density at radius 2 is 1.32 bits per heavy atom. The number of rotatable bonds is 4. The van der Waals surface area contributed by atoms with Crippen molar-refractivity contribution in [2.24, 2.45) is 0 Å². The lowest BCUT2D eigenvalue weighted by Gasteiger charge is -2.33. The van der Waals surface area contributed by atoms with E-state index in [0.717, 1.165) is 17.5 Å². The summed E-state index contributed by atoms with van der Waals surface area (Å²) in [6.45, 7) is 0.541. The number of para-hydroxylation sites is 2. The van der Waals surface area contributed by atoms with Crippen molar-refractivity contribution in [2.45, 2.75) is 24.7 Å². The van der Waals surface area contributed by atoms with Gasteiger partial charge in [-0.15, -0.1) is 0 Å². The van der Waals surface area contributed by atoms with Crippen LogP contribution in [-0.2, 0) is 20.7 Å². The fourth-order valence-corrected chi connectivity index (χ4v) is 4.75. The summed E-state index contributed by atoms with van der Waals surface area (Å²) in [6.07, 6.45) is -1.07. The molecule has 2 aliphatic rings. The van der Waals surface area contributed by atoms with Crippen LogP contribution in [0.5, 0.6) is 11.5 Å². The van der Waals surface area contributed by atoms with E-state index in [1.54, 1.807) is 29.2 Å². The molecule has 0 saturated carbocycles. The number of amides is 1. The van der Waals surface area contributed by atoms with Gasteiger partial charge < -0.3 is 23.8 Å². The molecule has 0 bridgehead atoms.